The number of nitrogens with one attached hydrogen (secondary N) is 1. The average molecular weight is 1200 g/mol. The van der Waals surface area contributed by atoms with Gasteiger partial charge >= 0.3 is 5.97 Å². The fourth-order valence-corrected chi connectivity index (χ4v) is 12.5. The first-order chi connectivity index (χ1) is 42.0. The fourth-order valence-electron chi connectivity index (χ4n) is 12.5. The molecule has 0 fully saturated rings. The van der Waals surface area contributed by atoms with Crippen molar-refractivity contribution in [1.29, 1.82) is 0 Å². The molecule has 3 N–H and O–H groups in total. The van der Waals surface area contributed by atoms with Gasteiger partial charge in [0.2, 0.25) is 5.91 Å². The molecule has 0 aliphatic carbocycles. The number of hydrogen-bond donors (Lipinski definition) is 3. The predicted molar refractivity (Wildman–Crippen MR) is 375 cm³/mol. The van der Waals surface area contributed by atoms with Crippen LogP contribution in [-0.4, -0.2) is 47.4 Å². The van der Waals surface area contributed by atoms with E-state index >= 15 is 0 Å². The third-order valence-electron chi connectivity index (χ3n) is 18.5. The van der Waals surface area contributed by atoms with Gasteiger partial charge in [-0.2, -0.15) is 0 Å². The summed E-state index contributed by atoms with van der Waals surface area (Å²) in [5.41, 5.74) is 0. The molecule has 85 heavy (non-hydrogen) atoms. The van der Waals surface area contributed by atoms with Gasteiger partial charge in [0.15, 0.2) is 0 Å². The van der Waals surface area contributed by atoms with Gasteiger partial charge in [-0.3, -0.25) is 9.59 Å². The highest BCUT2D eigenvalue weighted by Crippen LogP contribution is 2.20. The third-order valence-corrected chi connectivity index (χ3v) is 18.5. The Morgan fingerprint density at radius 1 is 0.318 bits per heavy atom. The lowest BCUT2D eigenvalue weighted by atomic mass is 10.0. The molecule has 504 valence electrons. The molecule has 2 atom stereocenters. The number of aliphatic hydroxyl groups excluding tert-OH is 2. The van der Waals surface area contributed by atoms with Crippen molar-refractivity contribution in [2.45, 2.75) is 456 Å². The highest BCUT2D eigenvalue weighted by atomic mass is 16.5. The minimum atomic E-state index is -0.846. The van der Waals surface area contributed by atoms with Crippen LogP contribution >= 0.6 is 0 Å². The zero-order valence-electron chi connectivity index (χ0n) is 57.9. The van der Waals surface area contributed by atoms with E-state index in [-0.39, 0.29) is 18.5 Å². The van der Waals surface area contributed by atoms with Crippen molar-refractivity contribution in [2.75, 3.05) is 13.2 Å². The van der Waals surface area contributed by atoms with Crippen LogP contribution < -0.4 is 5.32 Å². The van der Waals surface area contributed by atoms with Gasteiger partial charge in [-0.05, 0) is 57.8 Å². The van der Waals surface area contributed by atoms with Crippen LogP contribution in [-0.2, 0) is 14.3 Å². The Labute approximate surface area is 532 Å². The average Bonchev–Trinajstić information content (AvgIpc) is 3.51. The quantitative estimate of drug-likeness (QED) is 0.0320. The van der Waals surface area contributed by atoms with Crippen molar-refractivity contribution in [1.82, 2.24) is 5.32 Å². The Kier molecular flexibility index (Phi) is 73.3. The van der Waals surface area contributed by atoms with Crippen LogP contribution in [0, 0.1) is 0 Å². The fraction of sp³-hybridized carbons (Fsp3) is 0.924. The Morgan fingerprint density at radius 2 is 0.553 bits per heavy atom. The summed E-state index contributed by atoms with van der Waals surface area (Å²) in [6.07, 6.45) is 95.7. The van der Waals surface area contributed by atoms with Crippen molar-refractivity contribution in [3.05, 3.63) is 24.3 Å². The van der Waals surface area contributed by atoms with Crippen molar-refractivity contribution in [3.8, 4) is 0 Å². The van der Waals surface area contributed by atoms with Crippen LogP contribution in [0.1, 0.15) is 444 Å². The summed E-state index contributed by atoms with van der Waals surface area (Å²) >= 11 is 0. The molecule has 0 rings (SSSR count). The number of amides is 1. The summed E-state index contributed by atoms with van der Waals surface area (Å²) in [4.78, 5) is 24.7. The molecule has 0 aliphatic heterocycles. The SMILES string of the molecule is CCCCCCCCCCCCCCCCCCCCCCC/C=C/C(O)C(CO)NC(=O)CCCCCCCCCCCCCC/C=C\CCCCCCCCCCCCCCOC(=O)CCCCCCCCCCCCCCCCCCC. The topological polar surface area (TPSA) is 95.9 Å². The number of esters is 1. The molecule has 0 heterocycles. The van der Waals surface area contributed by atoms with Gasteiger partial charge in [-0.15, -0.1) is 0 Å². The minimum Gasteiger partial charge on any atom is -0.466 e. The number of rotatable bonds is 74. The summed E-state index contributed by atoms with van der Waals surface area (Å²) < 4.78 is 5.51. The summed E-state index contributed by atoms with van der Waals surface area (Å²) in [7, 11) is 0. The monoisotopic (exact) mass is 1200 g/mol. The molecule has 0 saturated heterocycles. The number of ether oxygens (including phenoxy) is 1. The molecule has 0 aromatic heterocycles. The first kappa shape index (κ1) is 83.3. The number of carbonyl (C=O) groups is 2. The summed E-state index contributed by atoms with van der Waals surface area (Å²) in [6.45, 7) is 4.96. The molecule has 0 aromatic rings. The molecule has 0 aliphatic rings. The lowest BCUT2D eigenvalue weighted by Gasteiger charge is -2.20. The predicted octanol–water partition coefficient (Wildman–Crippen LogP) is 25.7. The second kappa shape index (κ2) is 74.8. The van der Waals surface area contributed by atoms with Crippen LogP contribution in [0.2, 0.25) is 0 Å². The summed E-state index contributed by atoms with van der Waals surface area (Å²) in [5.74, 6) is -0.0424. The molecule has 1 amide bonds. The molecule has 0 spiro atoms. The molecule has 2 unspecified atom stereocenters. The van der Waals surface area contributed by atoms with E-state index in [0.29, 0.717) is 19.4 Å². The Bertz CT molecular complexity index is 1330. The number of aliphatic hydroxyl groups is 2. The van der Waals surface area contributed by atoms with Crippen LogP contribution in [0.5, 0.6) is 0 Å². The number of hydrogen-bond acceptors (Lipinski definition) is 5. The van der Waals surface area contributed by atoms with Gasteiger partial charge in [-0.1, -0.05) is 398 Å². The lowest BCUT2D eigenvalue weighted by molar-refractivity contribution is -0.143. The molecule has 6 heteroatoms. The molecule has 6 nitrogen and oxygen atoms in total. The van der Waals surface area contributed by atoms with Gasteiger partial charge in [0.25, 0.3) is 0 Å². The van der Waals surface area contributed by atoms with E-state index in [1.165, 1.54) is 379 Å². The molecule has 0 saturated carbocycles. The maximum atomic E-state index is 12.5. The summed E-state index contributed by atoms with van der Waals surface area (Å²) in [6, 6.07) is -0.629. The summed E-state index contributed by atoms with van der Waals surface area (Å²) in [5, 5.41) is 23.3. The van der Waals surface area contributed by atoms with Gasteiger partial charge < -0.3 is 20.3 Å². The minimum absolute atomic E-state index is 0.0205. The molecule has 0 aromatic carbocycles. The number of unbranched alkanes of at least 4 members (excludes halogenated alkanes) is 61. The van der Waals surface area contributed by atoms with Crippen LogP contribution in [0.3, 0.4) is 0 Å². The highest BCUT2D eigenvalue weighted by Gasteiger charge is 2.18. The molecular formula is C79H153NO5. The Morgan fingerprint density at radius 3 is 0.835 bits per heavy atom. The normalized spacial score (nSPS) is 12.6. The second-order valence-corrected chi connectivity index (χ2v) is 27.0. The standard InChI is InChI=1S/C79H153NO5/c1-3-5-7-9-11-13-15-17-19-21-22-23-30-33-36-40-43-47-51-55-59-63-67-71-77(82)76(75-81)80-78(83)72-68-64-60-56-52-48-44-41-37-34-31-28-26-24-25-27-29-32-35-38-42-46-50-54-58-62-66-70-74-85-79(84)73-69-65-61-57-53-49-45-39-20-18-16-14-12-10-8-6-4-2/h24-25,67,71,76-77,81-82H,3-23,26-66,68-70,72-75H2,1-2H3,(H,80,83)/b25-24-,71-67+. The first-order valence-electron chi connectivity index (χ1n) is 39.1. The molecule has 0 bridgehead atoms. The van der Waals surface area contributed by atoms with Crippen LogP contribution in [0.25, 0.3) is 0 Å². The van der Waals surface area contributed by atoms with E-state index in [2.05, 4.69) is 31.3 Å². The maximum absolute atomic E-state index is 12.5. The van der Waals surface area contributed by atoms with Crippen molar-refractivity contribution >= 4 is 11.9 Å². The lowest BCUT2D eigenvalue weighted by Crippen LogP contribution is -2.45. The van der Waals surface area contributed by atoms with Gasteiger partial charge in [0, 0.05) is 12.8 Å². The van der Waals surface area contributed by atoms with Crippen LogP contribution in [0.15, 0.2) is 24.3 Å². The van der Waals surface area contributed by atoms with E-state index in [9.17, 15) is 19.8 Å². The number of allylic oxidation sites excluding steroid dienone is 3. The van der Waals surface area contributed by atoms with E-state index in [4.69, 9.17) is 4.74 Å². The maximum Gasteiger partial charge on any atom is 0.305 e. The zero-order valence-corrected chi connectivity index (χ0v) is 57.9. The van der Waals surface area contributed by atoms with E-state index in [1.54, 1.807) is 6.08 Å². The molecule has 0 radical (unpaired) electrons. The van der Waals surface area contributed by atoms with E-state index in [1.807, 2.05) is 6.08 Å². The third kappa shape index (κ3) is 71.3. The van der Waals surface area contributed by atoms with Gasteiger partial charge in [0.1, 0.15) is 0 Å². The Hall–Kier alpha value is -1.66. The zero-order chi connectivity index (χ0) is 61.3. The van der Waals surface area contributed by atoms with Gasteiger partial charge in [0.05, 0.1) is 25.4 Å². The smallest absolute Gasteiger partial charge is 0.305 e. The number of carbonyl (C=O) groups excluding carboxylic acids is 2. The molecular weight excluding hydrogens is 1040 g/mol. The Balaban J connectivity index is 3.39. The van der Waals surface area contributed by atoms with Crippen LogP contribution in [0.4, 0.5) is 0 Å². The van der Waals surface area contributed by atoms with Crippen molar-refractivity contribution in [2.24, 2.45) is 0 Å². The largest absolute Gasteiger partial charge is 0.466 e. The van der Waals surface area contributed by atoms with E-state index in [0.717, 1.165) is 38.5 Å². The van der Waals surface area contributed by atoms with Crippen molar-refractivity contribution < 1.29 is 24.5 Å². The first-order valence-corrected chi connectivity index (χ1v) is 39.1. The van der Waals surface area contributed by atoms with Gasteiger partial charge in [-0.25, -0.2) is 0 Å². The second-order valence-electron chi connectivity index (χ2n) is 27.0. The van der Waals surface area contributed by atoms with Crippen molar-refractivity contribution in [3.63, 3.8) is 0 Å². The highest BCUT2D eigenvalue weighted by molar-refractivity contribution is 5.76. The van der Waals surface area contributed by atoms with E-state index < -0.39 is 12.1 Å².